The van der Waals surface area contributed by atoms with Crippen molar-refractivity contribution >= 4 is 27.2 Å². The second kappa shape index (κ2) is 11.5. The maximum absolute atomic E-state index is 12.9. The van der Waals surface area contributed by atoms with E-state index in [1.54, 1.807) is 19.1 Å². The van der Waals surface area contributed by atoms with Crippen LogP contribution in [0.4, 0.5) is 0 Å². The number of imidazole rings is 1. The van der Waals surface area contributed by atoms with Gasteiger partial charge in [0.1, 0.15) is 11.3 Å². The van der Waals surface area contributed by atoms with Crippen LogP contribution in [0.2, 0.25) is 0 Å². The number of nitrogens with one attached hydrogen (secondary N) is 2. The third kappa shape index (κ3) is 5.88. The predicted molar refractivity (Wildman–Crippen MR) is 132 cm³/mol. The molecule has 0 bridgehead atoms. The second-order valence-corrected chi connectivity index (χ2v) is 9.77. The Morgan fingerprint density at radius 1 is 1.06 bits per heavy atom. The molecule has 3 rings (SSSR count). The van der Waals surface area contributed by atoms with Crippen LogP contribution in [0.1, 0.15) is 46.5 Å². The van der Waals surface area contributed by atoms with E-state index in [-0.39, 0.29) is 47.3 Å². The molecule has 190 valence electrons. The number of aryl methyl sites for hydroxylation is 1. The number of H-pyrrole nitrogens is 1. The average molecular weight is 506 g/mol. The maximum Gasteiger partial charge on any atom is 0.332 e. The fourth-order valence-corrected chi connectivity index (χ4v) is 4.77. The van der Waals surface area contributed by atoms with Crippen molar-refractivity contribution in [1.29, 1.82) is 0 Å². The first kappa shape index (κ1) is 26.4. The quantitative estimate of drug-likeness (QED) is 0.283. The molecular weight excluding hydrogens is 474 g/mol. The zero-order valence-corrected chi connectivity index (χ0v) is 21.0. The minimum atomic E-state index is -3.76. The van der Waals surface area contributed by atoms with Crippen LogP contribution in [0.3, 0.4) is 0 Å². The molecule has 0 radical (unpaired) electrons. The predicted octanol–water partition coefficient (Wildman–Crippen LogP) is 1.99. The molecule has 2 N–H and O–H groups in total. The summed E-state index contributed by atoms with van der Waals surface area (Å²) in [4.78, 5) is 44.7. The summed E-state index contributed by atoms with van der Waals surface area (Å²) in [5.74, 6) is -0.00496. The molecule has 3 aromatic rings. The summed E-state index contributed by atoms with van der Waals surface area (Å²) in [6.07, 6.45) is 1.79. The van der Waals surface area contributed by atoms with Crippen molar-refractivity contribution in [2.75, 3.05) is 13.2 Å². The number of fused-ring (bicyclic) bond motifs is 1. The number of nitrogens with zero attached hydrogens (tertiary/aromatic N) is 3. The molecule has 0 aliphatic carbocycles. The van der Waals surface area contributed by atoms with Gasteiger partial charge in [-0.15, -0.1) is 0 Å². The fraction of sp³-hybridized carbons (Fsp3) is 0.478. The van der Waals surface area contributed by atoms with Gasteiger partial charge in [0.05, 0.1) is 11.5 Å². The van der Waals surface area contributed by atoms with Crippen LogP contribution in [0, 0.1) is 0 Å². The number of benzene rings is 1. The Hall–Kier alpha value is -3.25. The highest BCUT2D eigenvalue weighted by Crippen LogP contribution is 2.21. The van der Waals surface area contributed by atoms with Crippen LogP contribution in [-0.4, -0.2) is 46.6 Å². The standard InChI is InChI=1S/C23H31N5O6S/c1-4-14-27-21-19(22(30)28(15-5-2)23(27)31)25-20(26-21)16-9-11-17(12-10-16)35(32,33)24-13-7-8-18(29)34-6-3/h9-12,24H,4-8,13-15H2,1-3H3,(H,25,26). The van der Waals surface area contributed by atoms with E-state index in [4.69, 9.17) is 4.74 Å². The van der Waals surface area contributed by atoms with Crippen molar-refractivity contribution in [1.82, 2.24) is 23.8 Å². The first-order valence-electron chi connectivity index (χ1n) is 11.7. The molecule has 0 atom stereocenters. The van der Waals surface area contributed by atoms with E-state index >= 15 is 0 Å². The lowest BCUT2D eigenvalue weighted by Crippen LogP contribution is -2.40. The number of aromatic amines is 1. The van der Waals surface area contributed by atoms with E-state index in [0.29, 0.717) is 43.7 Å². The van der Waals surface area contributed by atoms with E-state index in [0.717, 1.165) is 0 Å². The van der Waals surface area contributed by atoms with Gasteiger partial charge in [0.15, 0.2) is 5.65 Å². The van der Waals surface area contributed by atoms with Gasteiger partial charge in [0.2, 0.25) is 10.0 Å². The van der Waals surface area contributed by atoms with E-state index in [9.17, 15) is 22.8 Å². The summed E-state index contributed by atoms with van der Waals surface area (Å²) in [5, 5.41) is 0. The number of carbonyl (C=O) groups excluding carboxylic acids is 1. The summed E-state index contributed by atoms with van der Waals surface area (Å²) in [6.45, 7) is 6.66. The Morgan fingerprint density at radius 3 is 2.34 bits per heavy atom. The lowest BCUT2D eigenvalue weighted by Gasteiger charge is -2.09. The molecule has 0 amide bonds. The zero-order valence-electron chi connectivity index (χ0n) is 20.2. The Bertz CT molecular complexity index is 1400. The van der Waals surface area contributed by atoms with Crippen LogP contribution in [0.25, 0.3) is 22.6 Å². The van der Waals surface area contributed by atoms with Crippen LogP contribution in [0.15, 0.2) is 38.8 Å². The third-order valence-corrected chi connectivity index (χ3v) is 6.83. The summed E-state index contributed by atoms with van der Waals surface area (Å²) in [6, 6.07) is 6.03. The number of carbonyl (C=O) groups is 1. The van der Waals surface area contributed by atoms with Crippen LogP contribution in [-0.2, 0) is 32.6 Å². The van der Waals surface area contributed by atoms with E-state index in [2.05, 4.69) is 14.7 Å². The average Bonchev–Trinajstić information content (AvgIpc) is 3.28. The lowest BCUT2D eigenvalue weighted by atomic mass is 10.2. The van der Waals surface area contributed by atoms with E-state index in [1.165, 1.54) is 21.3 Å². The molecule has 35 heavy (non-hydrogen) atoms. The fourth-order valence-electron chi connectivity index (χ4n) is 3.70. The van der Waals surface area contributed by atoms with Gasteiger partial charge in [-0.3, -0.25) is 18.7 Å². The van der Waals surface area contributed by atoms with Gasteiger partial charge in [-0.1, -0.05) is 13.8 Å². The van der Waals surface area contributed by atoms with Crippen molar-refractivity contribution < 1.29 is 17.9 Å². The van der Waals surface area contributed by atoms with E-state index < -0.39 is 15.6 Å². The molecule has 0 saturated carbocycles. The number of aromatic nitrogens is 4. The Morgan fingerprint density at radius 2 is 1.71 bits per heavy atom. The smallest absolute Gasteiger partial charge is 0.332 e. The molecule has 0 saturated heterocycles. The molecule has 0 spiro atoms. The second-order valence-electron chi connectivity index (χ2n) is 8.01. The van der Waals surface area contributed by atoms with E-state index in [1.807, 2.05) is 13.8 Å². The van der Waals surface area contributed by atoms with Gasteiger partial charge >= 0.3 is 11.7 Å². The molecule has 0 aliphatic heterocycles. The molecule has 2 aromatic heterocycles. The zero-order chi connectivity index (χ0) is 25.6. The summed E-state index contributed by atoms with van der Waals surface area (Å²) >= 11 is 0. The molecule has 12 heteroatoms. The molecule has 0 aliphatic rings. The van der Waals surface area contributed by atoms with Gasteiger partial charge in [-0.25, -0.2) is 22.9 Å². The third-order valence-electron chi connectivity index (χ3n) is 5.35. The summed E-state index contributed by atoms with van der Waals surface area (Å²) < 4.78 is 35.1. The van der Waals surface area contributed by atoms with Crippen molar-refractivity contribution in [2.45, 2.75) is 64.4 Å². The van der Waals surface area contributed by atoms with Gasteiger partial charge in [0.25, 0.3) is 5.56 Å². The molecule has 0 unspecified atom stereocenters. The normalized spacial score (nSPS) is 11.7. The van der Waals surface area contributed by atoms with Crippen molar-refractivity contribution in [3.8, 4) is 11.4 Å². The van der Waals surface area contributed by atoms with Gasteiger partial charge < -0.3 is 9.72 Å². The molecule has 0 fully saturated rings. The number of sulfonamides is 1. The van der Waals surface area contributed by atoms with Gasteiger partial charge in [-0.05, 0) is 50.5 Å². The minimum absolute atomic E-state index is 0.0571. The first-order valence-corrected chi connectivity index (χ1v) is 13.2. The van der Waals surface area contributed by atoms with Crippen LogP contribution < -0.4 is 16.0 Å². The van der Waals surface area contributed by atoms with Gasteiger partial charge in [0, 0.05) is 31.6 Å². The Kier molecular flexibility index (Phi) is 8.62. The van der Waals surface area contributed by atoms with Crippen LogP contribution in [0.5, 0.6) is 0 Å². The van der Waals surface area contributed by atoms with Crippen LogP contribution >= 0.6 is 0 Å². The van der Waals surface area contributed by atoms with Crippen molar-refractivity contribution in [2.24, 2.45) is 0 Å². The van der Waals surface area contributed by atoms with Crippen molar-refractivity contribution in [3.05, 3.63) is 45.1 Å². The Labute approximate surface area is 203 Å². The highest BCUT2D eigenvalue weighted by atomic mass is 32.2. The number of hydrogen-bond donors (Lipinski definition) is 2. The Balaban J connectivity index is 1.85. The number of ether oxygens (including phenoxy) is 1. The number of hydrogen-bond acceptors (Lipinski definition) is 7. The number of rotatable bonds is 12. The maximum atomic E-state index is 12.9. The van der Waals surface area contributed by atoms with Crippen molar-refractivity contribution in [3.63, 3.8) is 0 Å². The summed E-state index contributed by atoms with van der Waals surface area (Å²) in [5.41, 5.74) is 0.272. The minimum Gasteiger partial charge on any atom is -0.466 e. The largest absolute Gasteiger partial charge is 0.466 e. The molecule has 11 nitrogen and oxygen atoms in total. The molecule has 2 heterocycles. The summed E-state index contributed by atoms with van der Waals surface area (Å²) in [7, 11) is -3.76. The molecular formula is C23H31N5O6S. The SMILES string of the molecule is CCCn1c(=O)c2[nH]c(-c3ccc(S(=O)(=O)NCCCC(=O)OCC)cc3)nc2n(CCC)c1=O. The number of esters is 1. The van der Waals surface area contributed by atoms with Gasteiger partial charge in [-0.2, -0.15) is 0 Å². The highest BCUT2D eigenvalue weighted by molar-refractivity contribution is 7.89. The first-order chi connectivity index (χ1) is 16.7. The topological polar surface area (TPSA) is 145 Å². The highest BCUT2D eigenvalue weighted by Gasteiger charge is 2.18. The lowest BCUT2D eigenvalue weighted by molar-refractivity contribution is -0.143. The molecule has 1 aromatic carbocycles. The monoisotopic (exact) mass is 505 g/mol.